The quantitative estimate of drug-likeness (QED) is 0.0322. The van der Waals surface area contributed by atoms with E-state index >= 15 is 0 Å². The first kappa shape index (κ1) is 57.6. The lowest BCUT2D eigenvalue weighted by Gasteiger charge is -2.24. The topological polar surface area (TPSA) is 95.9 Å². The Bertz CT molecular complexity index is 893. The first-order valence-corrected chi connectivity index (χ1v) is 26.4. The van der Waals surface area contributed by atoms with Crippen molar-refractivity contribution in [2.75, 3.05) is 6.61 Å². The summed E-state index contributed by atoms with van der Waals surface area (Å²) in [5, 5.41) is 23.8. The monoisotopic (exact) mass is 834 g/mol. The third-order valence-corrected chi connectivity index (χ3v) is 12.3. The zero-order valence-corrected chi connectivity index (χ0v) is 39.9. The van der Waals surface area contributed by atoms with Crippen LogP contribution in [0.5, 0.6) is 0 Å². The van der Waals surface area contributed by atoms with Gasteiger partial charge in [0, 0.05) is 6.42 Å². The summed E-state index contributed by atoms with van der Waals surface area (Å²) < 4.78 is 5.93. The molecule has 59 heavy (non-hydrogen) atoms. The Balaban J connectivity index is 4.54. The smallest absolute Gasteiger partial charge is 0.306 e. The molecule has 0 spiro atoms. The van der Waals surface area contributed by atoms with Crippen LogP contribution in [0, 0.1) is 0 Å². The SMILES string of the molecule is CCCCCCCCC/C=C/CCCCCC(CC(=O)NC(CO)C(O)CCCCCCCCCCCCCCCC)OC(=O)CCCCCCCCCCCCCC. The van der Waals surface area contributed by atoms with Crippen molar-refractivity contribution in [2.45, 2.75) is 309 Å². The number of carbonyl (C=O) groups is 2. The highest BCUT2D eigenvalue weighted by Crippen LogP contribution is 2.18. The summed E-state index contributed by atoms with van der Waals surface area (Å²) in [5.74, 6) is -0.472. The highest BCUT2D eigenvalue weighted by molar-refractivity contribution is 5.77. The Morgan fingerprint density at radius 2 is 0.814 bits per heavy atom. The van der Waals surface area contributed by atoms with Gasteiger partial charge >= 0.3 is 5.97 Å². The van der Waals surface area contributed by atoms with E-state index in [-0.39, 0.29) is 24.9 Å². The molecular formula is C53H103NO5. The highest BCUT2D eigenvalue weighted by atomic mass is 16.5. The summed E-state index contributed by atoms with van der Waals surface area (Å²) >= 11 is 0. The minimum atomic E-state index is -0.785. The van der Waals surface area contributed by atoms with E-state index in [0.717, 1.165) is 57.8 Å². The van der Waals surface area contributed by atoms with Gasteiger partial charge in [-0.25, -0.2) is 0 Å². The standard InChI is InChI=1S/C53H103NO5/c1-4-7-10-13-16-19-22-25-27-29-32-35-38-41-44-49(59-53(58)46-43-40-37-34-31-24-21-18-15-12-9-6-3)47-52(57)54-50(48-55)51(56)45-42-39-36-33-30-28-26-23-20-17-14-11-8-5-2/h27,29,49-51,55-56H,4-26,28,30-48H2,1-3H3,(H,54,57)/b29-27+. The Kier molecular flexibility index (Phi) is 46.5. The number of ether oxygens (including phenoxy) is 1. The van der Waals surface area contributed by atoms with Crippen LogP contribution < -0.4 is 5.32 Å². The van der Waals surface area contributed by atoms with E-state index in [4.69, 9.17) is 4.74 Å². The molecule has 3 unspecified atom stereocenters. The van der Waals surface area contributed by atoms with Gasteiger partial charge < -0.3 is 20.3 Å². The number of aliphatic hydroxyl groups excluding tert-OH is 2. The maximum Gasteiger partial charge on any atom is 0.306 e. The van der Waals surface area contributed by atoms with Crippen molar-refractivity contribution in [1.82, 2.24) is 5.32 Å². The number of amides is 1. The first-order valence-electron chi connectivity index (χ1n) is 26.4. The lowest BCUT2D eigenvalue weighted by molar-refractivity contribution is -0.151. The van der Waals surface area contributed by atoms with Crippen LogP contribution in [0.1, 0.15) is 290 Å². The Morgan fingerprint density at radius 3 is 1.22 bits per heavy atom. The van der Waals surface area contributed by atoms with Gasteiger partial charge in [0.15, 0.2) is 0 Å². The number of nitrogens with one attached hydrogen (secondary N) is 1. The second-order valence-electron chi connectivity index (χ2n) is 18.3. The van der Waals surface area contributed by atoms with Crippen molar-refractivity contribution in [3.8, 4) is 0 Å². The zero-order valence-electron chi connectivity index (χ0n) is 39.9. The molecule has 0 aliphatic carbocycles. The molecule has 1 amide bonds. The number of hydrogen-bond acceptors (Lipinski definition) is 5. The lowest BCUT2D eigenvalue weighted by Crippen LogP contribution is -2.46. The fraction of sp³-hybridized carbons (Fsp3) is 0.925. The summed E-state index contributed by atoms with van der Waals surface area (Å²) in [7, 11) is 0. The van der Waals surface area contributed by atoms with Crippen LogP contribution in [-0.4, -0.2) is 46.9 Å². The zero-order chi connectivity index (χ0) is 43.1. The lowest BCUT2D eigenvalue weighted by atomic mass is 10.0. The summed E-state index contributed by atoms with van der Waals surface area (Å²) in [4.78, 5) is 26.1. The van der Waals surface area contributed by atoms with Crippen molar-refractivity contribution in [3.63, 3.8) is 0 Å². The van der Waals surface area contributed by atoms with Gasteiger partial charge in [0.2, 0.25) is 5.91 Å². The van der Waals surface area contributed by atoms with Gasteiger partial charge in [-0.15, -0.1) is 0 Å². The van der Waals surface area contributed by atoms with Gasteiger partial charge in [0.25, 0.3) is 0 Å². The number of unbranched alkanes of at least 4 members (excludes halogenated alkanes) is 34. The molecule has 0 aromatic rings. The van der Waals surface area contributed by atoms with E-state index in [1.54, 1.807) is 0 Å². The van der Waals surface area contributed by atoms with Crippen LogP contribution >= 0.6 is 0 Å². The molecule has 0 saturated carbocycles. The fourth-order valence-corrected chi connectivity index (χ4v) is 8.31. The summed E-state index contributed by atoms with van der Waals surface area (Å²) in [5.41, 5.74) is 0. The minimum Gasteiger partial charge on any atom is -0.462 e. The molecule has 0 radical (unpaired) electrons. The Labute approximate surface area is 368 Å². The van der Waals surface area contributed by atoms with E-state index < -0.39 is 18.2 Å². The normalized spacial score (nSPS) is 13.2. The van der Waals surface area contributed by atoms with Crippen LogP contribution in [0.3, 0.4) is 0 Å². The molecule has 0 bridgehead atoms. The van der Waals surface area contributed by atoms with Crippen molar-refractivity contribution in [3.05, 3.63) is 12.2 Å². The number of rotatable bonds is 48. The first-order chi connectivity index (χ1) is 29.0. The summed E-state index contributed by atoms with van der Waals surface area (Å²) in [6.45, 7) is 6.50. The number of carbonyl (C=O) groups excluding carboxylic acids is 2. The second kappa shape index (κ2) is 47.6. The molecule has 350 valence electrons. The molecule has 6 heteroatoms. The van der Waals surface area contributed by atoms with Crippen molar-refractivity contribution < 1.29 is 24.5 Å². The molecule has 0 fully saturated rings. The molecule has 6 nitrogen and oxygen atoms in total. The molecule has 3 N–H and O–H groups in total. The van der Waals surface area contributed by atoms with Crippen LogP contribution in [0.15, 0.2) is 12.2 Å². The maximum absolute atomic E-state index is 13.2. The molecule has 0 aromatic carbocycles. The second-order valence-corrected chi connectivity index (χ2v) is 18.3. The number of aliphatic hydroxyl groups is 2. The molecule has 0 aliphatic heterocycles. The van der Waals surface area contributed by atoms with Crippen LogP contribution in [-0.2, 0) is 14.3 Å². The van der Waals surface area contributed by atoms with E-state index in [1.807, 2.05) is 0 Å². The third kappa shape index (κ3) is 43.1. The fourth-order valence-electron chi connectivity index (χ4n) is 8.31. The predicted molar refractivity (Wildman–Crippen MR) is 255 cm³/mol. The highest BCUT2D eigenvalue weighted by Gasteiger charge is 2.24. The van der Waals surface area contributed by atoms with Crippen LogP contribution in [0.25, 0.3) is 0 Å². The van der Waals surface area contributed by atoms with E-state index in [9.17, 15) is 19.8 Å². The average Bonchev–Trinajstić information content (AvgIpc) is 3.23. The summed E-state index contributed by atoms with van der Waals surface area (Å²) in [6, 6.07) is -0.699. The Morgan fingerprint density at radius 1 is 0.475 bits per heavy atom. The van der Waals surface area contributed by atoms with Crippen molar-refractivity contribution in [2.24, 2.45) is 0 Å². The molecule has 0 saturated heterocycles. The van der Waals surface area contributed by atoms with Crippen LogP contribution in [0.2, 0.25) is 0 Å². The third-order valence-electron chi connectivity index (χ3n) is 12.3. The maximum atomic E-state index is 13.2. The minimum absolute atomic E-state index is 0.0740. The average molecular weight is 834 g/mol. The molecule has 0 rings (SSSR count). The van der Waals surface area contributed by atoms with Crippen molar-refractivity contribution >= 4 is 11.9 Å². The number of allylic oxidation sites excluding steroid dienone is 2. The van der Waals surface area contributed by atoms with E-state index in [2.05, 4.69) is 38.2 Å². The molecule has 3 atom stereocenters. The number of hydrogen-bond donors (Lipinski definition) is 3. The molecular weight excluding hydrogens is 731 g/mol. The van der Waals surface area contributed by atoms with Gasteiger partial charge in [-0.3, -0.25) is 9.59 Å². The van der Waals surface area contributed by atoms with Gasteiger partial charge in [-0.1, -0.05) is 238 Å². The molecule has 0 aliphatic rings. The van der Waals surface area contributed by atoms with Gasteiger partial charge in [-0.2, -0.15) is 0 Å². The Hall–Kier alpha value is -1.40. The summed E-state index contributed by atoms with van der Waals surface area (Å²) in [6.07, 6.45) is 52.7. The largest absolute Gasteiger partial charge is 0.462 e. The van der Waals surface area contributed by atoms with Gasteiger partial charge in [0.05, 0.1) is 25.2 Å². The molecule has 0 heterocycles. The van der Waals surface area contributed by atoms with Crippen molar-refractivity contribution in [1.29, 1.82) is 0 Å². The molecule has 0 aromatic heterocycles. The van der Waals surface area contributed by atoms with Crippen LogP contribution in [0.4, 0.5) is 0 Å². The van der Waals surface area contributed by atoms with E-state index in [1.165, 1.54) is 186 Å². The van der Waals surface area contributed by atoms with Gasteiger partial charge in [0.1, 0.15) is 6.10 Å². The predicted octanol–water partition coefficient (Wildman–Crippen LogP) is 15.7. The number of esters is 1. The van der Waals surface area contributed by atoms with Gasteiger partial charge in [-0.05, 0) is 51.4 Å². The van der Waals surface area contributed by atoms with E-state index in [0.29, 0.717) is 19.3 Å².